The van der Waals surface area contributed by atoms with Gasteiger partial charge in [0.25, 0.3) is 30.4 Å². The molecule has 0 spiro atoms. The molecule has 0 aliphatic heterocycles. The summed E-state index contributed by atoms with van der Waals surface area (Å²) < 4.78 is 101. The van der Waals surface area contributed by atoms with Gasteiger partial charge in [0.05, 0.1) is 22.0 Å². The highest BCUT2D eigenvalue weighted by Crippen LogP contribution is 2.42. The predicted octanol–water partition coefficient (Wildman–Crippen LogP) is 7.10. The van der Waals surface area contributed by atoms with Crippen molar-refractivity contribution in [2.24, 2.45) is 20.5 Å². The molecule has 0 atom stereocenters. The van der Waals surface area contributed by atoms with Crippen molar-refractivity contribution in [3.8, 4) is 16.9 Å². The summed E-state index contributed by atoms with van der Waals surface area (Å²) >= 11 is 0. The number of fused-ring (bicyclic) bond motifs is 2. The lowest BCUT2D eigenvalue weighted by molar-refractivity contribution is 0.472. The molecule has 0 fully saturated rings. The molecule has 0 aromatic heterocycles. The summed E-state index contributed by atoms with van der Waals surface area (Å²) in [5, 5.41) is 27.3. The van der Waals surface area contributed by atoms with Crippen LogP contribution in [0.3, 0.4) is 0 Å². The van der Waals surface area contributed by atoms with E-state index in [1.165, 1.54) is 30.3 Å². The second kappa shape index (κ2) is 12.8. The van der Waals surface area contributed by atoms with E-state index in [9.17, 15) is 44.0 Å². The Balaban J connectivity index is 1.27. The standard InChI is InChI=1S/C32H24N6O10S3/c33-20-5-10-24-19(13-20)14-29(51(46,47)48)31(32(24)39)38-36-22-8-3-18(4-9-22)17-1-6-21(7-2-17)35-37-30-26-15-23(49(40,41)42)16-28(50(43,44)45)25(26)11-12-27(30)34/h1-16,39H,33-34H2,(H,40,41,42)(H,43,44,45)(H,46,47,48). The Morgan fingerprint density at radius 3 is 1.55 bits per heavy atom. The Bertz CT molecular complexity index is 2790. The zero-order valence-electron chi connectivity index (χ0n) is 25.6. The first-order valence-electron chi connectivity index (χ1n) is 14.3. The molecule has 6 aromatic carbocycles. The second-order valence-corrected chi connectivity index (χ2v) is 15.2. The number of anilines is 2. The van der Waals surface area contributed by atoms with Crippen LogP contribution in [0.25, 0.3) is 32.7 Å². The number of nitrogens with two attached hydrogens (primary N) is 2. The third-order valence-electron chi connectivity index (χ3n) is 7.60. The smallest absolute Gasteiger partial charge is 0.296 e. The number of hydrogen-bond acceptors (Lipinski definition) is 13. The Morgan fingerprint density at radius 1 is 0.490 bits per heavy atom. The van der Waals surface area contributed by atoms with Crippen molar-refractivity contribution < 1.29 is 44.0 Å². The molecular weight excluding hydrogens is 725 g/mol. The minimum Gasteiger partial charge on any atom is -0.505 e. The van der Waals surface area contributed by atoms with Gasteiger partial charge in [-0.15, -0.1) is 10.2 Å². The number of aromatic hydroxyl groups is 1. The number of nitrogens with zero attached hydrogens (tertiary/aromatic N) is 4. The molecule has 0 unspecified atom stereocenters. The highest BCUT2D eigenvalue weighted by molar-refractivity contribution is 7.87. The molecule has 0 heterocycles. The van der Waals surface area contributed by atoms with E-state index in [0.717, 1.165) is 23.3 Å². The maximum absolute atomic E-state index is 12.1. The number of hydrogen-bond donors (Lipinski definition) is 6. The van der Waals surface area contributed by atoms with Gasteiger partial charge in [-0.05, 0) is 83.2 Å². The van der Waals surface area contributed by atoms with E-state index >= 15 is 0 Å². The lowest BCUT2D eigenvalue weighted by Gasteiger charge is -2.10. The maximum atomic E-state index is 12.1. The SMILES string of the molecule is Nc1ccc2c(O)c(N=Nc3ccc(-c4ccc(N=Nc5c(N)ccc6c(S(=O)(=O)O)cc(S(=O)(=O)O)cc56)cc4)cc3)c(S(=O)(=O)O)cc2c1. The van der Waals surface area contributed by atoms with E-state index < -0.39 is 56.5 Å². The van der Waals surface area contributed by atoms with E-state index in [-0.39, 0.29) is 32.9 Å². The molecule has 19 heteroatoms. The molecule has 0 aliphatic rings. The van der Waals surface area contributed by atoms with Gasteiger partial charge in [-0.3, -0.25) is 13.7 Å². The summed E-state index contributed by atoms with van der Waals surface area (Å²) in [5.41, 5.74) is 13.7. The highest BCUT2D eigenvalue weighted by Gasteiger charge is 2.24. The Hall–Kier alpha value is -5.83. The minimum absolute atomic E-state index is 0.00380. The number of phenolic OH excluding ortho intramolecular Hbond substituents is 1. The van der Waals surface area contributed by atoms with Crippen LogP contribution in [0, 0.1) is 0 Å². The van der Waals surface area contributed by atoms with Crippen LogP contribution < -0.4 is 11.5 Å². The summed E-state index contributed by atoms with van der Waals surface area (Å²) in [6.07, 6.45) is 0. The predicted molar refractivity (Wildman–Crippen MR) is 188 cm³/mol. The fourth-order valence-electron chi connectivity index (χ4n) is 5.17. The Labute approximate surface area is 289 Å². The molecule has 0 saturated carbocycles. The molecule has 0 aliphatic carbocycles. The van der Waals surface area contributed by atoms with Crippen molar-refractivity contribution in [1.82, 2.24) is 0 Å². The highest BCUT2D eigenvalue weighted by atomic mass is 32.2. The molecule has 0 amide bonds. The largest absolute Gasteiger partial charge is 0.505 e. The van der Waals surface area contributed by atoms with Gasteiger partial charge in [0.2, 0.25) is 0 Å². The number of nitrogen functional groups attached to an aromatic ring is 2. The van der Waals surface area contributed by atoms with Crippen LogP contribution in [0.2, 0.25) is 0 Å². The van der Waals surface area contributed by atoms with Crippen LogP contribution >= 0.6 is 0 Å². The van der Waals surface area contributed by atoms with Gasteiger partial charge in [-0.25, -0.2) is 0 Å². The molecule has 6 aromatic rings. The van der Waals surface area contributed by atoms with Crippen LogP contribution in [0.4, 0.5) is 34.1 Å². The van der Waals surface area contributed by atoms with Gasteiger partial charge in [0.15, 0.2) is 5.75 Å². The third-order valence-corrected chi connectivity index (χ3v) is 10.2. The van der Waals surface area contributed by atoms with Crippen LogP contribution in [-0.2, 0) is 30.4 Å². The number of benzene rings is 6. The van der Waals surface area contributed by atoms with Crippen LogP contribution in [-0.4, -0.2) is 44.0 Å². The molecule has 0 bridgehead atoms. The Kier molecular flexibility index (Phi) is 8.79. The molecule has 0 radical (unpaired) electrons. The van der Waals surface area contributed by atoms with Gasteiger partial charge in [-0.2, -0.15) is 35.5 Å². The van der Waals surface area contributed by atoms with E-state index in [2.05, 4.69) is 20.5 Å². The minimum atomic E-state index is -4.92. The monoisotopic (exact) mass is 748 g/mol. The lowest BCUT2D eigenvalue weighted by Crippen LogP contribution is -2.04. The lowest BCUT2D eigenvalue weighted by atomic mass is 10.1. The van der Waals surface area contributed by atoms with Crippen molar-refractivity contribution in [3.05, 3.63) is 97.1 Å². The molecule has 8 N–H and O–H groups in total. The number of azo groups is 2. The van der Waals surface area contributed by atoms with Crippen molar-refractivity contribution in [3.63, 3.8) is 0 Å². The zero-order valence-corrected chi connectivity index (χ0v) is 28.1. The fourth-order valence-corrected chi connectivity index (χ4v) is 7.17. The third kappa shape index (κ3) is 7.24. The van der Waals surface area contributed by atoms with Crippen molar-refractivity contribution in [2.75, 3.05) is 11.5 Å². The average Bonchev–Trinajstić information content (AvgIpc) is 3.06. The van der Waals surface area contributed by atoms with Gasteiger partial charge in [0.1, 0.15) is 21.2 Å². The first-order chi connectivity index (χ1) is 23.9. The molecule has 51 heavy (non-hydrogen) atoms. The van der Waals surface area contributed by atoms with E-state index in [1.807, 2.05) is 0 Å². The van der Waals surface area contributed by atoms with Crippen molar-refractivity contribution >= 4 is 86.0 Å². The zero-order chi connectivity index (χ0) is 36.9. The maximum Gasteiger partial charge on any atom is 0.296 e. The average molecular weight is 749 g/mol. The molecule has 260 valence electrons. The van der Waals surface area contributed by atoms with E-state index in [1.54, 1.807) is 48.5 Å². The quantitative estimate of drug-likeness (QED) is 0.0516. The molecular formula is C32H24N6O10S3. The van der Waals surface area contributed by atoms with E-state index in [4.69, 9.17) is 11.5 Å². The van der Waals surface area contributed by atoms with Crippen LogP contribution in [0.5, 0.6) is 5.75 Å². The van der Waals surface area contributed by atoms with Gasteiger partial charge < -0.3 is 16.6 Å². The van der Waals surface area contributed by atoms with Gasteiger partial charge in [-0.1, -0.05) is 30.3 Å². The molecule has 6 rings (SSSR count). The number of rotatable bonds is 8. The number of phenols is 1. The molecule has 16 nitrogen and oxygen atoms in total. The van der Waals surface area contributed by atoms with Crippen molar-refractivity contribution in [2.45, 2.75) is 14.7 Å². The summed E-state index contributed by atoms with van der Waals surface area (Å²) in [5.74, 6) is -0.508. The Morgan fingerprint density at radius 2 is 1.02 bits per heavy atom. The van der Waals surface area contributed by atoms with Crippen LogP contribution in [0.15, 0.2) is 132 Å². The normalized spacial score (nSPS) is 12.8. The summed E-state index contributed by atoms with van der Waals surface area (Å²) in [4.78, 5) is -2.23. The molecule has 0 saturated heterocycles. The summed E-state index contributed by atoms with van der Waals surface area (Å²) in [7, 11) is -14.6. The first-order valence-corrected chi connectivity index (χ1v) is 18.6. The van der Waals surface area contributed by atoms with Gasteiger partial charge in [0, 0.05) is 21.8 Å². The topological polar surface area (TPSA) is 285 Å². The van der Waals surface area contributed by atoms with E-state index in [0.29, 0.717) is 23.1 Å². The summed E-state index contributed by atoms with van der Waals surface area (Å²) in [6, 6.07) is 22.9. The first kappa shape index (κ1) is 35.0. The summed E-state index contributed by atoms with van der Waals surface area (Å²) in [6.45, 7) is 0. The fraction of sp³-hybridized carbons (Fsp3) is 0. The van der Waals surface area contributed by atoms with Crippen molar-refractivity contribution in [1.29, 1.82) is 0 Å². The van der Waals surface area contributed by atoms with Gasteiger partial charge >= 0.3 is 0 Å². The van der Waals surface area contributed by atoms with Crippen LogP contribution in [0.1, 0.15) is 0 Å². The second-order valence-electron chi connectivity index (χ2n) is 11.0.